The lowest BCUT2D eigenvalue weighted by atomic mass is 10.1. The van der Waals surface area contributed by atoms with E-state index in [1.165, 1.54) is 11.1 Å². The van der Waals surface area contributed by atoms with Crippen LogP contribution in [0.2, 0.25) is 0 Å². The summed E-state index contributed by atoms with van der Waals surface area (Å²) in [5.41, 5.74) is 6.57. The Labute approximate surface area is 129 Å². The average molecular weight is 287 g/mol. The van der Waals surface area contributed by atoms with Gasteiger partial charge in [-0.2, -0.15) is 0 Å². The fraction of sp³-hybridized carbons (Fsp3) is 0.100. The molecule has 1 N–H and O–H groups in total. The van der Waals surface area contributed by atoms with Crippen LogP contribution >= 0.6 is 0 Å². The third-order valence-corrected chi connectivity index (χ3v) is 4.17. The number of anilines is 2. The summed E-state index contributed by atoms with van der Waals surface area (Å²) >= 11 is 0. The van der Waals surface area contributed by atoms with E-state index in [9.17, 15) is 0 Å². The lowest BCUT2D eigenvalue weighted by Gasteiger charge is -2.08. The summed E-state index contributed by atoms with van der Waals surface area (Å²) in [6.45, 7) is 4.25. The molecule has 4 aromatic rings. The third-order valence-electron chi connectivity index (χ3n) is 4.17. The van der Waals surface area contributed by atoms with Gasteiger partial charge in [-0.05, 0) is 55.3 Å². The predicted octanol–water partition coefficient (Wildman–Crippen LogP) is 5.95. The monoisotopic (exact) mass is 287 g/mol. The molecular formula is C20H17NO. The van der Waals surface area contributed by atoms with Gasteiger partial charge in [-0.25, -0.2) is 0 Å². The number of nitrogens with one attached hydrogen (secondary N) is 1. The van der Waals surface area contributed by atoms with Crippen molar-refractivity contribution in [1.29, 1.82) is 0 Å². The summed E-state index contributed by atoms with van der Waals surface area (Å²) in [6, 6.07) is 20.8. The van der Waals surface area contributed by atoms with Crippen molar-refractivity contribution in [1.82, 2.24) is 0 Å². The molecule has 2 heteroatoms. The maximum atomic E-state index is 5.93. The molecule has 2 nitrogen and oxygen atoms in total. The first-order chi connectivity index (χ1) is 10.7. The standard InChI is InChI=1S/C20H17NO/c1-13-7-8-15(11-14(13)2)21-16-9-10-18-17-5-3-4-6-19(17)22-20(18)12-16/h3-12,21H,1-2H3. The van der Waals surface area contributed by atoms with Crippen LogP contribution in [0.1, 0.15) is 11.1 Å². The molecule has 0 atom stereocenters. The Morgan fingerprint density at radius 3 is 2.27 bits per heavy atom. The van der Waals surface area contributed by atoms with Crippen LogP contribution in [0.4, 0.5) is 11.4 Å². The lowest BCUT2D eigenvalue weighted by Crippen LogP contribution is -1.91. The third kappa shape index (κ3) is 2.13. The van der Waals surface area contributed by atoms with E-state index in [2.05, 4.69) is 61.6 Å². The first-order valence-electron chi connectivity index (χ1n) is 7.46. The van der Waals surface area contributed by atoms with Crippen molar-refractivity contribution in [3.63, 3.8) is 0 Å². The number of para-hydroxylation sites is 1. The van der Waals surface area contributed by atoms with Crippen molar-refractivity contribution < 1.29 is 4.42 Å². The molecule has 22 heavy (non-hydrogen) atoms. The van der Waals surface area contributed by atoms with Gasteiger partial charge in [0.2, 0.25) is 0 Å². The first-order valence-corrected chi connectivity index (χ1v) is 7.46. The van der Waals surface area contributed by atoms with Crippen LogP contribution in [-0.2, 0) is 0 Å². The van der Waals surface area contributed by atoms with Crippen molar-refractivity contribution in [3.8, 4) is 0 Å². The van der Waals surface area contributed by atoms with Crippen molar-refractivity contribution in [2.24, 2.45) is 0 Å². The second kappa shape index (κ2) is 4.92. The highest BCUT2D eigenvalue weighted by Crippen LogP contribution is 2.31. The number of hydrogen-bond donors (Lipinski definition) is 1. The zero-order valence-electron chi connectivity index (χ0n) is 12.7. The van der Waals surface area contributed by atoms with E-state index in [1.807, 2.05) is 18.2 Å². The molecule has 0 bridgehead atoms. The molecule has 0 saturated heterocycles. The molecule has 0 fully saturated rings. The maximum Gasteiger partial charge on any atom is 0.137 e. The number of rotatable bonds is 2. The minimum Gasteiger partial charge on any atom is -0.456 e. The van der Waals surface area contributed by atoms with Gasteiger partial charge in [-0.15, -0.1) is 0 Å². The maximum absolute atomic E-state index is 5.93. The highest BCUT2D eigenvalue weighted by molar-refractivity contribution is 6.05. The molecule has 0 spiro atoms. The highest BCUT2D eigenvalue weighted by Gasteiger charge is 2.07. The van der Waals surface area contributed by atoms with Gasteiger partial charge in [0, 0.05) is 28.2 Å². The lowest BCUT2D eigenvalue weighted by molar-refractivity contribution is 0.669. The van der Waals surface area contributed by atoms with Crippen LogP contribution in [0, 0.1) is 13.8 Å². The Morgan fingerprint density at radius 2 is 1.41 bits per heavy atom. The van der Waals surface area contributed by atoms with Gasteiger partial charge in [0.05, 0.1) is 0 Å². The predicted molar refractivity (Wildman–Crippen MR) is 92.9 cm³/mol. The van der Waals surface area contributed by atoms with Gasteiger partial charge in [-0.1, -0.05) is 24.3 Å². The van der Waals surface area contributed by atoms with Crippen LogP contribution in [0.3, 0.4) is 0 Å². The second-order valence-corrected chi connectivity index (χ2v) is 5.73. The molecule has 0 aliphatic carbocycles. The Hall–Kier alpha value is -2.74. The molecule has 0 aliphatic rings. The summed E-state index contributed by atoms with van der Waals surface area (Å²) in [4.78, 5) is 0. The van der Waals surface area contributed by atoms with Crippen molar-refractivity contribution in [2.45, 2.75) is 13.8 Å². The topological polar surface area (TPSA) is 25.2 Å². The van der Waals surface area contributed by atoms with Crippen LogP contribution in [0.15, 0.2) is 65.1 Å². The van der Waals surface area contributed by atoms with Crippen LogP contribution in [-0.4, -0.2) is 0 Å². The molecule has 0 aliphatic heterocycles. The van der Waals surface area contributed by atoms with Crippen molar-refractivity contribution >= 4 is 33.3 Å². The summed E-state index contributed by atoms with van der Waals surface area (Å²) < 4.78 is 5.93. The van der Waals surface area contributed by atoms with Crippen LogP contribution in [0.5, 0.6) is 0 Å². The minimum absolute atomic E-state index is 0.912. The van der Waals surface area contributed by atoms with Gasteiger partial charge >= 0.3 is 0 Å². The highest BCUT2D eigenvalue weighted by atomic mass is 16.3. The molecule has 0 radical (unpaired) electrons. The second-order valence-electron chi connectivity index (χ2n) is 5.73. The van der Waals surface area contributed by atoms with Gasteiger partial charge in [0.25, 0.3) is 0 Å². The van der Waals surface area contributed by atoms with E-state index < -0.39 is 0 Å². The van der Waals surface area contributed by atoms with Gasteiger partial charge < -0.3 is 9.73 Å². The molecule has 0 saturated carbocycles. The fourth-order valence-corrected chi connectivity index (χ4v) is 2.79. The summed E-state index contributed by atoms with van der Waals surface area (Å²) in [5, 5.41) is 5.76. The van der Waals surface area contributed by atoms with E-state index in [-0.39, 0.29) is 0 Å². The molecule has 1 heterocycles. The Morgan fingerprint density at radius 1 is 0.682 bits per heavy atom. The summed E-state index contributed by atoms with van der Waals surface area (Å²) in [5.74, 6) is 0. The largest absolute Gasteiger partial charge is 0.456 e. The number of fused-ring (bicyclic) bond motifs is 3. The number of benzene rings is 3. The fourth-order valence-electron chi connectivity index (χ4n) is 2.79. The summed E-state index contributed by atoms with van der Waals surface area (Å²) in [7, 11) is 0. The molecule has 108 valence electrons. The zero-order valence-corrected chi connectivity index (χ0v) is 12.7. The molecule has 1 aromatic heterocycles. The normalized spacial score (nSPS) is 11.2. The Balaban J connectivity index is 1.75. The molecule has 0 unspecified atom stereocenters. The molecule has 0 amide bonds. The Bertz CT molecular complexity index is 982. The number of furan rings is 1. The van der Waals surface area contributed by atoms with E-state index in [0.717, 1.165) is 33.3 Å². The van der Waals surface area contributed by atoms with E-state index in [0.29, 0.717) is 0 Å². The molecule has 3 aromatic carbocycles. The van der Waals surface area contributed by atoms with Crippen LogP contribution in [0.25, 0.3) is 21.9 Å². The Kier molecular flexibility index (Phi) is 2.90. The first kappa shape index (κ1) is 13.0. The van der Waals surface area contributed by atoms with Crippen LogP contribution < -0.4 is 5.32 Å². The number of aryl methyl sites for hydroxylation is 2. The smallest absolute Gasteiger partial charge is 0.137 e. The average Bonchev–Trinajstić information content (AvgIpc) is 2.88. The van der Waals surface area contributed by atoms with Gasteiger partial charge in [-0.3, -0.25) is 0 Å². The zero-order chi connectivity index (χ0) is 15.1. The quantitative estimate of drug-likeness (QED) is 0.493. The molecular weight excluding hydrogens is 270 g/mol. The van der Waals surface area contributed by atoms with Gasteiger partial charge in [0.1, 0.15) is 11.2 Å². The summed E-state index contributed by atoms with van der Waals surface area (Å²) in [6.07, 6.45) is 0. The number of hydrogen-bond acceptors (Lipinski definition) is 2. The SMILES string of the molecule is Cc1ccc(Nc2ccc3c(c2)oc2ccccc23)cc1C. The molecule has 4 rings (SSSR count). The van der Waals surface area contributed by atoms with E-state index in [1.54, 1.807) is 0 Å². The van der Waals surface area contributed by atoms with E-state index >= 15 is 0 Å². The van der Waals surface area contributed by atoms with Crippen molar-refractivity contribution in [2.75, 3.05) is 5.32 Å². The minimum atomic E-state index is 0.912. The van der Waals surface area contributed by atoms with Gasteiger partial charge in [0.15, 0.2) is 0 Å². The van der Waals surface area contributed by atoms with Crippen molar-refractivity contribution in [3.05, 3.63) is 71.8 Å². The van der Waals surface area contributed by atoms with E-state index in [4.69, 9.17) is 4.42 Å².